The summed E-state index contributed by atoms with van der Waals surface area (Å²) in [5.74, 6) is -0.626. The molecule has 0 radical (unpaired) electrons. The first-order chi connectivity index (χ1) is 11.8. The molecule has 0 spiro atoms. The maximum atomic E-state index is 12.6. The monoisotopic (exact) mass is 336 g/mol. The summed E-state index contributed by atoms with van der Waals surface area (Å²) in [5.41, 5.74) is 2.10. The summed E-state index contributed by atoms with van der Waals surface area (Å²) in [6.45, 7) is 7.79. The Morgan fingerprint density at radius 3 is 2.36 bits per heavy atom. The lowest BCUT2D eigenvalue weighted by Crippen LogP contribution is -2.24. The molecular formula is C19H20N4O2. The Morgan fingerprint density at radius 1 is 1.08 bits per heavy atom. The molecule has 0 aliphatic rings. The number of aromatic nitrogens is 3. The Labute approximate surface area is 145 Å². The number of benzene rings is 1. The molecule has 2 aromatic heterocycles. The zero-order valence-electron chi connectivity index (χ0n) is 14.7. The molecule has 0 saturated carbocycles. The largest absolute Gasteiger partial charge is 0.358 e. The predicted molar refractivity (Wildman–Crippen MR) is 96.7 cm³/mol. The number of para-hydroxylation sites is 1. The van der Waals surface area contributed by atoms with Gasteiger partial charge in [0.1, 0.15) is 5.82 Å². The summed E-state index contributed by atoms with van der Waals surface area (Å²) < 4.78 is 0. The average Bonchev–Trinajstić information content (AvgIpc) is 2.89. The van der Waals surface area contributed by atoms with Crippen LogP contribution in [-0.2, 0) is 10.2 Å². The van der Waals surface area contributed by atoms with Gasteiger partial charge in [-0.2, -0.15) is 0 Å². The van der Waals surface area contributed by atoms with Crippen LogP contribution in [0, 0.1) is 6.92 Å². The average molecular weight is 336 g/mol. The van der Waals surface area contributed by atoms with Crippen LogP contribution in [-0.4, -0.2) is 26.6 Å². The molecule has 6 nitrogen and oxygen atoms in total. The highest BCUT2D eigenvalue weighted by Crippen LogP contribution is 2.23. The van der Waals surface area contributed by atoms with E-state index in [-0.39, 0.29) is 5.41 Å². The van der Waals surface area contributed by atoms with Crippen LogP contribution in [0.25, 0.3) is 10.9 Å². The fourth-order valence-electron chi connectivity index (χ4n) is 2.65. The molecule has 0 saturated heterocycles. The molecule has 0 unspecified atom stereocenters. The van der Waals surface area contributed by atoms with Gasteiger partial charge in [0.15, 0.2) is 0 Å². The van der Waals surface area contributed by atoms with E-state index in [0.29, 0.717) is 22.8 Å². The Balaban J connectivity index is 1.83. The second-order valence-corrected chi connectivity index (χ2v) is 7.00. The highest BCUT2D eigenvalue weighted by atomic mass is 16.2. The van der Waals surface area contributed by atoms with Gasteiger partial charge in [0.25, 0.3) is 11.7 Å². The molecule has 0 aliphatic heterocycles. The standard InChI is InChI=1S/C19H20N4O2/c1-11-15(13-7-5-6-8-14(13)22-11)16(24)17(25)23-12-9-20-18(21-10-12)19(2,3)4/h5-10,22H,1-4H3,(H,23,25). The summed E-state index contributed by atoms with van der Waals surface area (Å²) >= 11 is 0. The SMILES string of the molecule is Cc1[nH]c2ccccc2c1C(=O)C(=O)Nc1cnc(C(C)(C)C)nc1. The van der Waals surface area contributed by atoms with Gasteiger partial charge in [0.05, 0.1) is 23.6 Å². The molecule has 128 valence electrons. The van der Waals surface area contributed by atoms with Crippen molar-refractivity contribution < 1.29 is 9.59 Å². The van der Waals surface area contributed by atoms with E-state index < -0.39 is 11.7 Å². The van der Waals surface area contributed by atoms with Crippen LogP contribution >= 0.6 is 0 Å². The van der Waals surface area contributed by atoms with E-state index in [1.165, 1.54) is 12.4 Å². The lowest BCUT2D eigenvalue weighted by atomic mass is 9.96. The molecule has 1 aromatic carbocycles. The van der Waals surface area contributed by atoms with Crippen LogP contribution < -0.4 is 5.32 Å². The van der Waals surface area contributed by atoms with Crippen LogP contribution in [0.15, 0.2) is 36.7 Å². The van der Waals surface area contributed by atoms with Crippen LogP contribution in [0.4, 0.5) is 5.69 Å². The number of hydrogen-bond acceptors (Lipinski definition) is 4. The van der Waals surface area contributed by atoms with Gasteiger partial charge in [0, 0.05) is 22.0 Å². The number of aryl methyl sites for hydroxylation is 1. The van der Waals surface area contributed by atoms with E-state index >= 15 is 0 Å². The Kier molecular flexibility index (Phi) is 4.12. The van der Waals surface area contributed by atoms with E-state index in [9.17, 15) is 9.59 Å². The Bertz CT molecular complexity index is 950. The van der Waals surface area contributed by atoms with Gasteiger partial charge in [-0.3, -0.25) is 9.59 Å². The first kappa shape index (κ1) is 16.8. The predicted octanol–water partition coefficient (Wildman–Crippen LogP) is 3.39. The number of carbonyl (C=O) groups is 2. The molecule has 3 rings (SSSR count). The van der Waals surface area contributed by atoms with Crippen molar-refractivity contribution in [2.75, 3.05) is 5.32 Å². The third kappa shape index (κ3) is 3.28. The van der Waals surface area contributed by atoms with Crippen LogP contribution in [0.1, 0.15) is 42.6 Å². The number of Topliss-reactive ketones (excluding diaryl/α,β-unsaturated/α-hetero) is 1. The maximum absolute atomic E-state index is 12.6. The highest BCUT2D eigenvalue weighted by Gasteiger charge is 2.23. The van der Waals surface area contributed by atoms with Crippen LogP contribution in [0.2, 0.25) is 0 Å². The van der Waals surface area contributed by atoms with Crippen LogP contribution in [0.5, 0.6) is 0 Å². The van der Waals surface area contributed by atoms with Gasteiger partial charge in [-0.25, -0.2) is 9.97 Å². The molecule has 2 N–H and O–H groups in total. The normalized spacial score (nSPS) is 11.5. The molecule has 3 aromatic rings. The number of aromatic amines is 1. The second kappa shape index (κ2) is 6.12. The van der Waals surface area contributed by atoms with Gasteiger partial charge < -0.3 is 10.3 Å². The van der Waals surface area contributed by atoms with Crippen molar-refractivity contribution in [1.82, 2.24) is 15.0 Å². The smallest absolute Gasteiger partial charge is 0.296 e. The molecule has 2 heterocycles. The van der Waals surface area contributed by atoms with Gasteiger partial charge in [0.2, 0.25) is 0 Å². The molecular weight excluding hydrogens is 316 g/mol. The van der Waals surface area contributed by atoms with Crippen molar-refractivity contribution in [3.05, 3.63) is 53.7 Å². The molecule has 0 bridgehead atoms. The molecule has 0 atom stereocenters. The van der Waals surface area contributed by atoms with Crippen LogP contribution in [0.3, 0.4) is 0 Å². The van der Waals surface area contributed by atoms with Crippen molar-refractivity contribution in [3.8, 4) is 0 Å². The number of carbonyl (C=O) groups excluding carboxylic acids is 2. The lowest BCUT2D eigenvalue weighted by molar-refractivity contribution is -0.112. The fourth-order valence-corrected chi connectivity index (χ4v) is 2.65. The number of nitrogens with zero attached hydrogens (tertiary/aromatic N) is 2. The van der Waals surface area contributed by atoms with E-state index in [0.717, 1.165) is 10.9 Å². The summed E-state index contributed by atoms with van der Waals surface area (Å²) in [5, 5.41) is 3.31. The summed E-state index contributed by atoms with van der Waals surface area (Å²) in [4.78, 5) is 36.6. The summed E-state index contributed by atoms with van der Waals surface area (Å²) in [7, 11) is 0. The Morgan fingerprint density at radius 2 is 1.72 bits per heavy atom. The molecule has 0 aliphatic carbocycles. The minimum atomic E-state index is -0.708. The third-order valence-electron chi connectivity index (χ3n) is 3.91. The van der Waals surface area contributed by atoms with Crippen molar-refractivity contribution in [3.63, 3.8) is 0 Å². The summed E-state index contributed by atoms with van der Waals surface area (Å²) in [6, 6.07) is 7.40. The number of anilines is 1. The molecule has 1 amide bonds. The minimum absolute atomic E-state index is 0.181. The second-order valence-electron chi connectivity index (χ2n) is 7.00. The van der Waals surface area contributed by atoms with Crippen molar-refractivity contribution in [2.24, 2.45) is 0 Å². The van der Waals surface area contributed by atoms with Crippen molar-refractivity contribution in [1.29, 1.82) is 0 Å². The fraction of sp³-hybridized carbons (Fsp3) is 0.263. The minimum Gasteiger partial charge on any atom is -0.358 e. The summed E-state index contributed by atoms with van der Waals surface area (Å²) in [6.07, 6.45) is 3.03. The van der Waals surface area contributed by atoms with E-state index in [4.69, 9.17) is 0 Å². The van der Waals surface area contributed by atoms with E-state index in [1.54, 1.807) is 6.92 Å². The van der Waals surface area contributed by atoms with Crippen molar-refractivity contribution >= 4 is 28.3 Å². The lowest BCUT2D eigenvalue weighted by Gasteiger charge is -2.16. The van der Waals surface area contributed by atoms with Crippen molar-refractivity contribution in [2.45, 2.75) is 33.1 Å². The quantitative estimate of drug-likeness (QED) is 0.567. The zero-order chi connectivity index (χ0) is 18.2. The molecule has 0 fully saturated rings. The van der Waals surface area contributed by atoms with E-state index in [1.807, 2.05) is 45.0 Å². The zero-order valence-corrected chi connectivity index (χ0v) is 14.7. The third-order valence-corrected chi connectivity index (χ3v) is 3.91. The number of amides is 1. The van der Waals surface area contributed by atoms with Gasteiger partial charge in [-0.1, -0.05) is 39.0 Å². The number of hydrogen-bond donors (Lipinski definition) is 2. The number of fused-ring (bicyclic) bond motifs is 1. The number of nitrogens with one attached hydrogen (secondary N) is 2. The number of ketones is 1. The van der Waals surface area contributed by atoms with Gasteiger partial charge in [-0.15, -0.1) is 0 Å². The Hall–Kier alpha value is -3.02. The first-order valence-electron chi connectivity index (χ1n) is 8.03. The first-order valence-corrected chi connectivity index (χ1v) is 8.03. The number of rotatable bonds is 3. The number of H-pyrrole nitrogens is 1. The highest BCUT2D eigenvalue weighted by molar-refractivity contribution is 6.48. The maximum Gasteiger partial charge on any atom is 0.296 e. The molecule has 6 heteroatoms. The van der Waals surface area contributed by atoms with E-state index in [2.05, 4.69) is 20.3 Å². The van der Waals surface area contributed by atoms with Gasteiger partial charge >= 0.3 is 0 Å². The molecule has 25 heavy (non-hydrogen) atoms. The topological polar surface area (TPSA) is 87.7 Å². The van der Waals surface area contributed by atoms with Gasteiger partial charge in [-0.05, 0) is 13.0 Å².